The molecule has 2 atom stereocenters. The number of carbonyl (C=O) groups is 5. The van der Waals surface area contributed by atoms with Gasteiger partial charge in [-0.3, -0.25) is 34.3 Å². The lowest BCUT2D eigenvalue weighted by Crippen LogP contribution is -2.54. The van der Waals surface area contributed by atoms with Crippen LogP contribution >= 0.6 is 0 Å². The van der Waals surface area contributed by atoms with Gasteiger partial charge in [-0.15, -0.1) is 0 Å². The number of likely N-dealkylation sites (N-methyl/N-ethyl adjacent to an activating group) is 1. The number of anilines is 1. The van der Waals surface area contributed by atoms with Crippen molar-refractivity contribution in [3.05, 3.63) is 29.3 Å². The van der Waals surface area contributed by atoms with Crippen molar-refractivity contribution in [2.45, 2.75) is 51.4 Å². The molecule has 5 amide bonds. The molecule has 1 aromatic carbocycles. The van der Waals surface area contributed by atoms with Gasteiger partial charge in [0.25, 0.3) is 11.8 Å². The fourth-order valence-electron chi connectivity index (χ4n) is 4.72. The second-order valence-electron chi connectivity index (χ2n) is 10.8. The smallest absolute Gasteiger partial charge is 0.410 e. The van der Waals surface area contributed by atoms with Crippen LogP contribution < -0.4 is 10.6 Å². The number of fused-ring (bicyclic) bond motifs is 1. The molecule has 4 rings (SSSR count). The number of hydrogen-bond donors (Lipinski definition) is 2. The summed E-state index contributed by atoms with van der Waals surface area (Å²) in [5.74, 6) is -2.15. The lowest BCUT2D eigenvalue weighted by Gasteiger charge is -2.34. The third-order valence-corrected chi connectivity index (χ3v) is 6.67. The fourth-order valence-corrected chi connectivity index (χ4v) is 4.72. The number of amides is 5. The molecule has 0 aromatic heterocycles. The van der Waals surface area contributed by atoms with E-state index in [1.807, 2.05) is 20.8 Å². The highest BCUT2D eigenvalue weighted by Crippen LogP contribution is 2.32. The van der Waals surface area contributed by atoms with Crippen molar-refractivity contribution in [2.75, 3.05) is 51.7 Å². The van der Waals surface area contributed by atoms with Crippen molar-refractivity contribution in [1.29, 1.82) is 0 Å². The minimum absolute atomic E-state index is 0.0675. The third kappa shape index (κ3) is 6.13. The number of piperidine rings is 1. The van der Waals surface area contributed by atoms with E-state index in [1.54, 1.807) is 30.1 Å². The molecular weight excluding hydrogens is 494 g/mol. The Morgan fingerprint density at radius 1 is 1.21 bits per heavy atom. The zero-order valence-corrected chi connectivity index (χ0v) is 22.2. The number of morpholine rings is 1. The first kappa shape index (κ1) is 27.5. The van der Waals surface area contributed by atoms with Crippen molar-refractivity contribution in [2.24, 2.45) is 0 Å². The Kier molecular flexibility index (Phi) is 8.02. The first-order valence-electron chi connectivity index (χ1n) is 12.8. The average Bonchev–Trinajstić information content (AvgIpc) is 3.11. The maximum atomic E-state index is 13.3. The highest BCUT2D eigenvalue weighted by molar-refractivity contribution is 6.25. The molecule has 0 spiro atoms. The molecule has 12 nitrogen and oxygen atoms in total. The molecule has 1 aromatic rings. The SMILES string of the molecule is CN(CCN1CCO[C@@H](CNc2cccc3c2C(=O)N(C2CCC(=O)NC2=O)C3=O)C1)C(=O)OC(C)(C)C. The lowest BCUT2D eigenvalue weighted by atomic mass is 10.0. The van der Waals surface area contributed by atoms with Gasteiger partial charge in [0.15, 0.2) is 0 Å². The van der Waals surface area contributed by atoms with Crippen molar-refractivity contribution < 1.29 is 33.4 Å². The van der Waals surface area contributed by atoms with Gasteiger partial charge in [-0.2, -0.15) is 0 Å². The van der Waals surface area contributed by atoms with Gasteiger partial charge in [0.1, 0.15) is 11.6 Å². The molecule has 2 N–H and O–H groups in total. The minimum Gasteiger partial charge on any atom is -0.444 e. The summed E-state index contributed by atoms with van der Waals surface area (Å²) in [6.45, 7) is 8.93. The van der Waals surface area contributed by atoms with Gasteiger partial charge in [0.05, 0.1) is 23.8 Å². The standard InChI is InChI=1S/C26H35N5O7/c1-26(2,3)38-25(36)29(4)10-11-30-12-13-37-16(15-30)14-27-18-7-5-6-17-21(18)24(35)31(23(17)34)19-8-9-20(32)28-22(19)33/h5-7,16,19,27H,8-15H2,1-4H3,(H,28,32,33)/t16-,19?/m0/s1. The molecule has 0 bridgehead atoms. The summed E-state index contributed by atoms with van der Waals surface area (Å²) in [5, 5.41) is 5.45. The van der Waals surface area contributed by atoms with E-state index >= 15 is 0 Å². The highest BCUT2D eigenvalue weighted by Gasteiger charge is 2.45. The molecular formula is C26H35N5O7. The van der Waals surface area contributed by atoms with Crippen molar-refractivity contribution in [1.82, 2.24) is 20.0 Å². The lowest BCUT2D eigenvalue weighted by molar-refractivity contribution is -0.136. The Balaban J connectivity index is 1.34. The van der Waals surface area contributed by atoms with E-state index in [9.17, 15) is 24.0 Å². The van der Waals surface area contributed by atoms with Gasteiger partial charge in [-0.1, -0.05) is 6.07 Å². The minimum atomic E-state index is -1.01. The number of ether oxygens (including phenoxy) is 2. The first-order chi connectivity index (χ1) is 17.9. The van der Waals surface area contributed by atoms with Gasteiger partial charge >= 0.3 is 6.09 Å². The quantitative estimate of drug-likeness (QED) is 0.497. The van der Waals surface area contributed by atoms with E-state index in [4.69, 9.17) is 9.47 Å². The van der Waals surface area contributed by atoms with Gasteiger partial charge in [-0.25, -0.2) is 4.79 Å². The molecule has 3 heterocycles. The molecule has 206 valence electrons. The molecule has 38 heavy (non-hydrogen) atoms. The Morgan fingerprint density at radius 2 is 1.97 bits per heavy atom. The van der Waals surface area contributed by atoms with Crippen molar-refractivity contribution in [3.63, 3.8) is 0 Å². The Labute approximate surface area is 221 Å². The zero-order valence-electron chi connectivity index (χ0n) is 22.2. The third-order valence-electron chi connectivity index (χ3n) is 6.67. The maximum absolute atomic E-state index is 13.3. The predicted molar refractivity (Wildman–Crippen MR) is 137 cm³/mol. The van der Waals surface area contributed by atoms with Crippen molar-refractivity contribution in [3.8, 4) is 0 Å². The van der Waals surface area contributed by atoms with Crippen LogP contribution in [0, 0.1) is 0 Å². The summed E-state index contributed by atoms with van der Waals surface area (Å²) in [6, 6.07) is 3.95. The van der Waals surface area contributed by atoms with Crippen LogP contribution in [0.5, 0.6) is 0 Å². The number of hydrogen-bond acceptors (Lipinski definition) is 9. The van der Waals surface area contributed by atoms with E-state index in [0.29, 0.717) is 38.5 Å². The zero-order chi connectivity index (χ0) is 27.6. The molecule has 1 unspecified atom stereocenters. The number of imide groups is 2. The first-order valence-corrected chi connectivity index (χ1v) is 12.8. The Bertz CT molecular complexity index is 1130. The molecule has 3 aliphatic heterocycles. The van der Waals surface area contributed by atoms with Crippen LogP contribution in [-0.2, 0) is 19.1 Å². The second kappa shape index (κ2) is 11.1. The van der Waals surface area contributed by atoms with E-state index in [1.165, 1.54) is 0 Å². The summed E-state index contributed by atoms with van der Waals surface area (Å²) < 4.78 is 11.3. The van der Waals surface area contributed by atoms with Crippen LogP contribution in [0.15, 0.2) is 18.2 Å². The number of nitrogens with zero attached hydrogens (tertiary/aromatic N) is 3. The van der Waals surface area contributed by atoms with Gasteiger partial charge in [-0.05, 0) is 39.3 Å². The van der Waals surface area contributed by atoms with E-state index in [2.05, 4.69) is 15.5 Å². The summed E-state index contributed by atoms with van der Waals surface area (Å²) in [4.78, 5) is 67.1. The molecule has 3 aliphatic rings. The number of nitrogens with one attached hydrogen (secondary N) is 2. The summed E-state index contributed by atoms with van der Waals surface area (Å²) >= 11 is 0. The van der Waals surface area contributed by atoms with E-state index in [0.717, 1.165) is 11.4 Å². The fraction of sp³-hybridized carbons (Fsp3) is 0.577. The molecule has 2 saturated heterocycles. The van der Waals surface area contributed by atoms with Crippen molar-refractivity contribution >= 4 is 35.4 Å². The topological polar surface area (TPSA) is 138 Å². The van der Waals surface area contributed by atoms with E-state index in [-0.39, 0.29) is 36.2 Å². The summed E-state index contributed by atoms with van der Waals surface area (Å²) in [6.07, 6.45) is -0.372. The van der Waals surface area contributed by atoms with Crippen LogP contribution in [0.4, 0.5) is 10.5 Å². The molecule has 0 aliphatic carbocycles. The second-order valence-corrected chi connectivity index (χ2v) is 10.8. The number of carbonyl (C=O) groups excluding carboxylic acids is 5. The average molecular weight is 530 g/mol. The van der Waals surface area contributed by atoms with Crippen LogP contribution in [0.1, 0.15) is 54.3 Å². The number of rotatable bonds is 7. The number of benzene rings is 1. The van der Waals surface area contributed by atoms with Gasteiger partial charge in [0, 0.05) is 51.9 Å². The molecule has 0 saturated carbocycles. The van der Waals surface area contributed by atoms with Gasteiger partial charge in [0.2, 0.25) is 11.8 Å². The van der Waals surface area contributed by atoms with Gasteiger partial charge < -0.3 is 19.7 Å². The maximum Gasteiger partial charge on any atom is 0.410 e. The molecule has 0 radical (unpaired) electrons. The molecule has 12 heteroatoms. The summed E-state index contributed by atoms with van der Waals surface area (Å²) in [5.41, 5.74) is 0.375. The Hall–Kier alpha value is -3.51. The summed E-state index contributed by atoms with van der Waals surface area (Å²) in [7, 11) is 1.71. The highest BCUT2D eigenvalue weighted by atomic mass is 16.6. The molecule has 2 fully saturated rings. The normalized spacial score (nSPS) is 22.3. The monoisotopic (exact) mass is 529 g/mol. The Morgan fingerprint density at radius 3 is 2.68 bits per heavy atom. The van der Waals surface area contributed by atoms with Crippen LogP contribution in [0.3, 0.4) is 0 Å². The van der Waals surface area contributed by atoms with Crippen LogP contribution in [-0.4, -0.2) is 109 Å². The van der Waals surface area contributed by atoms with Crippen LogP contribution in [0.25, 0.3) is 0 Å². The largest absolute Gasteiger partial charge is 0.444 e. The predicted octanol–water partition coefficient (Wildman–Crippen LogP) is 1.07. The van der Waals surface area contributed by atoms with Crippen LogP contribution in [0.2, 0.25) is 0 Å². The van der Waals surface area contributed by atoms with E-state index < -0.39 is 35.3 Å².